The Morgan fingerprint density at radius 2 is 1.40 bits per heavy atom. The van der Waals surface area contributed by atoms with Crippen LogP contribution in [0.1, 0.15) is 61.4 Å². The molecule has 3 unspecified atom stereocenters. The average molecular weight is 959 g/mol. The van der Waals surface area contributed by atoms with Crippen molar-refractivity contribution in [2.24, 2.45) is 5.92 Å². The number of H-pyrrole nitrogens is 2. The molecular weight excluding hydrogens is 916 g/mol. The number of hydrogen-bond acceptors (Lipinski definition) is 11. The molecule has 70 heavy (non-hydrogen) atoms. The minimum Gasteiger partial charge on any atom is -0.465 e. The summed E-state index contributed by atoms with van der Waals surface area (Å²) in [4.78, 5) is 73.9. The fourth-order valence-electron chi connectivity index (χ4n) is 10.0. The van der Waals surface area contributed by atoms with Crippen molar-refractivity contribution in [3.63, 3.8) is 0 Å². The first-order valence-corrected chi connectivity index (χ1v) is 22.8. The highest BCUT2D eigenvalue weighted by atomic mass is 35.5. The number of rotatable bonds is 10. The number of nitrogen functional groups attached to an aromatic ring is 1. The van der Waals surface area contributed by atoms with E-state index in [9.17, 15) is 34.5 Å². The lowest BCUT2D eigenvalue weighted by Gasteiger charge is -2.35. The number of benzene rings is 6. The van der Waals surface area contributed by atoms with E-state index >= 15 is 0 Å². The molecule has 19 heteroatoms. The number of carbonyl (C=O) groups excluding carboxylic acids is 3. The number of anilines is 4. The summed E-state index contributed by atoms with van der Waals surface area (Å²) >= 11 is 6.38. The number of imidazole rings is 2. The average Bonchev–Trinajstić information content (AvgIpc) is 4.08. The lowest BCUT2D eigenvalue weighted by molar-refractivity contribution is -0.0542. The van der Waals surface area contributed by atoms with Crippen LogP contribution in [0.4, 0.5) is 32.9 Å². The van der Waals surface area contributed by atoms with Gasteiger partial charge in [-0.25, -0.2) is 24.5 Å². The van der Waals surface area contributed by atoms with Gasteiger partial charge in [-0.1, -0.05) is 90.5 Å². The van der Waals surface area contributed by atoms with E-state index in [1.165, 1.54) is 28.0 Å². The minimum atomic E-state index is -2.06. The highest BCUT2D eigenvalue weighted by Crippen LogP contribution is 2.47. The first-order chi connectivity index (χ1) is 33.8. The molecule has 3 atom stereocenters. The number of amides is 4. The van der Waals surface area contributed by atoms with Crippen LogP contribution < -0.4 is 26.2 Å². The molecule has 352 valence electrons. The summed E-state index contributed by atoms with van der Waals surface area (Å²) in [6.07, 6.45) is -2.94. The molecule has 0 aliphatic carbocycles. The first-order valence-electron chi connectivity index (χ1n) is 22.4. The van der Waals surface area contributed by atoms with Crippen molar-refractivity contribution < 1.29 is 39.2 Å². The van der Waals surface area contributed by atoms with Gasteiger partial charge < -0.3 is 41.1 Å². The molecule has 3 aliphatic rings. The normalized spacial score (nSPS) is 19.4. The molecule has 18 nitrogen and oxygen atoms in total. The molecule has 6 aromatic carbocycles. The number of aromatic nitrogens is 4. The highest BCUT2D eigenvalue weighted by molar-refractivity contribution is 6.31. The third-order valence-electron chi connectivity index (χ3n) is 13.3. The summed E-state index contributed by atoms with van der Waals surface area (Å²) in [5, 5.41) is 42.3. The van der Waals surface area contributed by atoms with Gasteiger partial charge in [0.2, 0.25) is 11.9 Å². The molecule has 0 bridgehead atoms. The number of piperidine rings is 1. The zero-order chi connectivity index (χ0) is 48.5. The van der Waals surface area contributed by atoms with Gasteiger partial charge in [0.15, 0.2) is 17.7 Å². The number of carbonyl (C=O) groups is 4. The summed E-state index contributed by atoms with van der Waals surface area (Å²) in [7, 11) is 0. The lowest BCUT2D eigenvalue weighted by atomic mass is 9.93. The Morgan fingerprint density at radius 3 is 2.09 bits per heavy atom. The maximum Gasteiger partial charge on any atom is 0.417 e. The van der Waals surface area contributed by atoms with E-state index in [0.29, 0.717) is 70.3 Å². The number of aliphatic hydroxyl groups is 2. The minimum absolute atomic E-state index is 0.0187. The van der Waals surface area contributed by atoms with Crippen LogP contribution in [0, 0.1) is 5.92 Å². The number of aromatic amines is 2. The number of ether oxygens (including phenoxy) is 1. The Kier molecular flexibility index (Phi) is 10.8. The van der Waals surface area contributed by atoms with Crippen molar-refractivity contribution in [2.45, 2.75) is 37.1 Å². The molecule has 0 saturated carbocycles. The first kappa shape index (κ1) is 44.2. The molecule has 2 aromatic heterocycles. The standard InChI is InChI=1S/C51H43ClN10O8/c52-32-24-33(53)26-34(25-32)62-44(64)36-11-5-7-13-38(36)51(62,69)31-15-17-40-42(23-31)58-47(57-40)61(49(66)67)45(29-18-20-54-21-19-29)70-48(65)59-46-55-39-16-14-30(22-41(39)56-46)50(68)37-12-6-4-10-35(37)43(63)60(50)27-28-8-2-1-3-9-28/h1-17,22-26,29,45,54,68-69H,18-21,27,53H2,(H,57,58)(H,66,67)(H2,55,56,59,65). The summed E-state index contributed by atoms with van der Waals surface area (Å²) in [5.41, 5.74) is 7.06. The van der Waals surface area contributed by atoms with Gasteiger partial charge in [0.25, 0.3) is 11.8 Å². The van der Waals surface area contributed by atoms with Crippen molar-refractivity contribution in [1.82, 2.24) is 30.2 Å². The predicted molar refractivity (Wildman–Crippen MR) is 260 cm³/mol. The quantitative estimate of drug-likeness (QED) is 0.0492. The molecular formula is C51H43ClN10O8. The second kappa shape index (κ2) is 17.0. The summed E-state index contributed by atoms with van der Waals surface area (Å²) in [6.45, 7) is 1.20. The molecule has 11 rings (SSSR count). The molecule has 1 saturated heterocycles. The number of carboxylic acid groups (broad SMARTS) is 1. The van der Waals surface area contributed by atoms with Crippen LogP contribution in [-0.2, 0) is 22.7 Å². The largest absolute Gasteiger partial charge is 0.465 e. The maximum atomic E-state index is 14.0. The van der Waals surface area contributed by atoms with Crippen molar-refractivity contribution >= 4 is 80.9 Å². The monoisotopic (exact) mass is 958 g/mol. The number of nitrogens with zero attached hydrogens (tertiary/aromatic N) is 5. The van der Waals surface area contributed by atoms with Crippen LogP contribution in [0.3, 0.4) is 0 Å². The SMILES string of the molecule is Nc1cc(Cl)cc(N2C(=O)c3ccccc3C2(O)c2ccc3nc(N(C(=O)O)C(OC(=O)Nc4nc5ccc(C6(O)c7ccccc7C(=O)N6Cc6ccccc6)cc5[nH]4)C4CCNCC4)[nH]c3c2)c1. The molecule has 9 N–H and O–H groups in total. The van der Waals surface area contributed by atoms with Crippen LogP contribution in [0.15, 0.2) is 133 Å². The third kappa shape index (κ3) is 7.32. The van der Waals surface area contributed by atoms with E-state index in [-0.39, 0.29) is 51.9 Å². The Balaban J connectivity index is 0.892. The topological polar surface area (TPSA) is 255 Å². The van der Waals surface area contributed by atoms with Gasteiger partial charge in [-0.05, 0) is 86.1 Å². The van der Waals surface area contributed by atoms with E-state index in [0.717, 1.165) is 10.5 Å². The number of nitrogens with one attached hydrogen (secondary N) is 4. The fourth-order valence-corrected chi connectivity index (χ4v) is 10.2. The third-order valence-corrected chi connectivity index (χ3v) is 13.5. The van der Waals surface area contributed by atoms with Gasteiger partial charge in [-0.3, -0.25) is 24.7 Å². The fraction of sp³-hybridized carbons (Fsp3) is 0.176. The van der Waals surface area contributed by atoms with Gasteiger partial charge in [0, 0.05) is 56.6 Å². The van der Waals surface area contributed by atoms with Gasteiger partial charge in [-0.15, -0.1) is 0 Å². The van der Waals surface area contributed by atoms with E-state index in [4.69, 9.17) is 22.1 Å². The number of fused-ring (bicyclic) bond motifs is 4. The van der Waals surface area contributed by atoms with E-state index in [1.54, 1.807) is 84.9 Å². The van der Waals surface area contributed by atoms with Crippen LogP contribution >= 0.6 is 11.6 Å². The van der Waals surface area contributed by atoms with Crippen molar-refractivity contribution in [3.8, 4) is 0 Å². The molecule has 8 aromatic rings. The van der Waals surface area contributed by atoms with Crippen molar-refractivity contribution in [3.05, 3.63) is 177 Å². The summed E-state index contributed by atoms with van der Waals surface area (Å²) in [6, 6.07) is 37.3. The Morgan fingerprint density at radius 1 is 0.786 bits per heavy atom. The maximum absolute atomic E-state index is 14.0. The van der Waals surface area contributed by atoms with Crippen LogP contribution in [0.25, 0.3) is 22.1 Å². The van der Waals surface area contributed by atoms with E-state index in [2.05, 4.69) is 30.6 Å². The van der Waals surface area contributed by atoms with Crippen LogP contribution in [0.5, 0.6) is 0 Å². The molecule has 3 aliphatic heterocycles. The molecule has 0 spiro atoms. The van der Waals surface area contributed by atoms with Crippen molar-refractivity contribution in [2.75, 3.05) is 33.9 Å². The lowest BCUT2D eigenvalue weighted by Crippen LogP contribution is -2.50. The second-order valence-corrected chi connectivity index (χ2v) is 17.9. The van der Waals surface area contributed by atoms with Gasteiger partial charge >= 0.3 is 12.2 Å². The van der Waals surface area contributed by atoms with E-state index < -0.39 is 41.7 Å². The van der Waals surface area contributed by atoms with E-state index in [1.807, 2.05) is 30.3 Å². The Hall–Kier alpha value is -8.29. The zero-order valence-electron chi connectivity index (χ0n) is 37.0. The Bertz CT molecular complexity index is 3390. The van der Waals surface area contributed by atoms with Gasteiger partial charge in [0.1, 0.15) is 0 Å². The molecule has 1 fully saturated rings. The van der Waals surface area contributed by atoms with Crippen molar-refractivity contribution in [1.29, 1.82) is 0 Å². The summed E-state index contributed by atoms with van der Waals surface area (Å²) in [5.74, 6) is -1.47. The van der Waals surface area contributed by atoms with Crippen LogP contribution in [-0.4, -0.2) is 83.5 Å². The molecule has 0 radical (unpaired) electrons. The summed E-state index contributed by atoms with van der Waals surface area (Å²) < 4.78 is 6.02. The highest BCUT2D eigenvalue weighted by Gasteiger charge is 2.52. The zero-order valence-corrected chi connectivity index (χ0v) is 37.7. The number of hydrogen-bond donors (Lipinski definition) is 8. The second-order valence-electron chi connectivity index (χ2n) is 17.5. The van der Waals surface area contributed by atoms with Gasteiger partial charge in [0.05, 0.1) is 27.8 Å². The number of halogens is 1. The molecule has 4 amide bonds. The van der Waals surface area contributed by atoms with Gasteiger partial charge in [-0.2, -0.15) is 0 Å². The smallest absolute Gasteiger partial charge is 0.417 e. The molecule has 5 heterocycles. The van der Waals surface area contributed by atoms with Crippen LogP contribution in [0.2, 0.25) is 5.02 Å². The predicted octanol–water partition coefficient (Wildman–Crippen LogP) is 7.44. The Labute approximate surface area is 403 Å². The number of nitrogens with two attached hydrogens (primary N) is 1.